The van der Waals surface area contributed by atoms with Crippen LogP contribution in [0.5, 0.6) is 0 Å². The van der Waals surface area contributed by atoms with Gasteiger partial charge < -0.3 is 9.47 Å². The summed E-state index contributed by atoms with van der Waals surface area (Å²) in [6.07, 6.45) is 3.85. The number of fused-ring (bicyclic) bond motifs is 1. The Morgan fingerprint density at radius 1 is 1.21 bits per heavy atom. The van der Waals surface area contributed by atoms with E-state index >= 15 is 0 Å². The van der Waals surface area contributed by atoms with E-state index in [-0.39, 0.29) is 11.7 Å². The van der Waals surface area contributed by atoms with Gasteiger partial charge in [-0.05, 0) is 50.6 Å². The molecule has 1 atom stereocenters. The number of halogens is 1. The number of rotatable bonds is 2. The molecular formula is C19H24FN3O. The third-order valence-corrected chi connectivity index (χ3v) is 5.70. The van der Waals surface area contributed by atoms with Crippen molar-refractivity contribution in [2.45, 2.75) is 38.3 Å². The van der Waals surface area contributed by atoms with Crippen LogP contribution in [0, 0.1) is 5.82 Å². The molecule has 1 aromatic carbocycles. The first-order valence-electron chi connectivity index (χ1n) is 8.84. The van der Waals surface area contributed by atoms with E-state index in [0.29, 0.717) is 17.8 Å². The number of likely N-dealkylation sites (tertiary alicyclic amines) is 2. The molecule has 128 valence electrons. The Morgan fingerprint density at radius 3 is 2.75 bits per heavy atom. The standard InChI is InChI=1S/C19H24FN3O/c1-13-5-3-4-8-23(13)16-11-22(12-16)19(24)18-10-14-9-15(20)6-7-17(14)21(18)2/h6-7,9-10,13,16H,3-5,8,11-12H2,1-2H3/t13-/m0/s1. The molecule has 24 heavy (non-hydrogen) atoms. The molecule has 5 heteroatoms. The maximum atomic E-state index is 13.4. The van der Waals surface area contributed by atoms with Gasteiger partial charge in [-0.25, -0.2) is 4.39 Å². The molecule has 1 aromatic heterocycles. The van der Waals surface area contributed by atoms with Gasteiger partial charge >= 0.3 is 0 Å². The Bertz CT molecular complexity index is 778. The zero-order valence-corrected chi connectivity index (χ0v) is 14.3. The molecule has 3 heterocycles. The van der Waals surface area contributed by atoms with Crippen molar-refractivity contribution in [3.63, 3.8) is 0 Å². The van der Waals surface area contributed by atoms with Gasteiger partial charge in [0, 0.05) is 43.1 Å². The molecule has 0 bridgehead atoms. The van der Waals surface area contributed by atoms with E-state index in [1.54, 1.807) is 12.1 Å². The summed E-state index contributed by atoms with van der Waals surface area (Å²) >= 11 is 0. The monoisotopic (exact) mass is 329 g/mol. The number of amides is 1. The fourth-order valence-electron chi connectivity index (χ4n) is 4.18. The van der Waals surface area contributed by atoms with E-state index in [2.05, 4.69) is 11.8 Å². The van der Waals surface area contributed by atoms with E-state index in [4.69, 9.17) is 0 Å². The van der Waals surface area contributed by atoms with E-state index in [1.165, 1.54) is 31.4 Å². The second kappa shape index (κ2) is 5.88. The maximum Gasteiger partial charge on any atom is 0.270 e. The minimum absolute atomic E-state index is 0.0509. The number of piperidine rings is 1. The number of carbonyl (C=O) groups is 1. The predicted octanol–water partition coefficient (Wildman–Crippen LogP) is 3.02. The van der Waals surface area contributed by atoms with Crippen LogP contribution in [0.4, 0.5) is 4.39 Å². The molecule has 4 rings (SSSR count). The van der Waals surface area contributed by atoms with E-state index in [9.17, 15) is 9.18 Å². The van der Waals surface area contributed by atoms with Crippen molar-refractivity contribution in [2.24, 2.45) is 7.05 Å². The average molecular weight is 329 g/mol. The molecule has 2 saturated heterocycles. The molecule has 2 aromatic rings. The van der Waals surface area contributed by atoms with Crippen LogP contribution in [0.3, 0.4) is 0 Å². The average Bonchev–Trinajstić information content (AvgIpc) is 2.84. The third kappa shape index (κ3) is 2.51. The van der Waals surface area contributed by atoms with Gasteiger partial charge in [-0.1, -0.05) is 6.42 Å². The van der Waals surface area contributed by atoms with Crippen LogP contribution in [0.1, 0.15) is 36.7 Å². The number of hydrogen-bond acceptors (Lipinski definition) is 2. The van der Waals surface area contributed by atoms with E-state index < -0.39 is 0 Å². The molecular weight excluding hydrogens is 305 g/mol. The van der Waals surface area contributed by atoms with Gasteiger partial charge in [0.25, 0.3) is 5.91 Å². The predicted molar refractivity (Wildman–Crippen MR) is 92.6 cm³/mol. The highest BCUT2D eigenvalue weighted by molar-refractivity contribution is 5.99. The van der Waals surface area contributed by atoms with Gasteiger partial charge in [-0.2, -0.15) is 0 Å². The zero-order chi connectivity index (χ0) is 16.8. The minimum atomic E-state index is -0.268. The lowest BCUT2D eigenvalue weighted by atomic mass is 9.97. The highest BCUT2D eigenvalue weighted by Gasteiger charge is 2.38. The molecule has 0 unspecified atom stereocenters. The number of hydrogen-bond donors (Lipinski definition) is 0. The van der Waals surface area contributed by atoms with Crippen LogP contribution in [-0.4, -0.2) is 52.0 Å². The second-order valence-electron chi connectivity index (χ2n) is 7.24. The summed E-state index contributed by atoms with van der Waals surface area (Å²) < 4.78 is 15.3. The van der Waals surface area contributed by atoms with Crippen molar-refractivity contribution >= 4 is 16.8 Å². The number of nitrogens with zero attached hydrogens (tertiary/aromatic N) is 3. The molecule has 2 aliphatic heterocycles. The molecule has 2 aliphatic rings. The smallest absolute Gasteiger partial charge is 0.270 e. The van der Waals surface area contributed by atoms with Crippen molar-refractivity contribution in [3.05, 3.63) is 35.8 Å². The zero-order valence-electron chi connectivity index (χ0n) is 14.3. The molecule has 0 aliphatic carbocycles. The molecule has 4 nitrogen and oxygen atoms in total. The molecule has 0 radical (unpaired) electrons. The Balaban J connectivity index is 1.49. The first-order chi connectivity index (χ1) is 11.5. The van der Waals surface area contributed by atoms with E-state index in [1.807, 2.05) is 16.5 Å². The van der Waals surface area contributed by atoms with Crippen molar-refractivity contribution in [3.8, 4) is 0 Å². The summed E-state index contributed by atoms with van der Waals surface area (Å²) in [5, 5.41) is 0.780. The van der Waals surface area contributed by atoms with Crippen molar-refractivity contribution in [1.29, 1.82) is 0 Å². The van der Waals surface area contributed by atoms with Crippen LogP contribution >= 0.6 is 0 Å². The summed E-state index contributed by atoms with van der Waals surface area (Å²) in [5.74, 6) is -0.217. The summed E-state index contributed by atoms with van der Waals surface area (Å²) in [4.78, 5) is 17.3. The first-order valence-corrected chi connectivity index (χ1v) is 8.84. The summed E-state index contributed by atoms with van der Waals surface area (Å²) in [6, 6.07) is 7.58. The quantitative estimate of drug-likeness (QED) is 0.847. The minimum Gasteiger partial charge on any atom is -0.340 e. The van der Waals surface area contributed by atoms with Gasteiger partial charge in [-0.3, -0.25) is 9.69 Å². The largest absolute Gasteiger partial charge is 0.340 e. The van der Waals surface area contributed by atoms with E-state index in [0.717, 1.165) is 30.5 Å². The second-order valence-corrected chi connectivity index (χ2v) is 7.24. The lowest BCUT2D eigenvalue weighted by Crippen LogP contribution is -2.63. The van der Waals surface area contributed by atoms with Crippen LogP contribution in [-0.2, 0) is 7.05 Å². The van der Waals surface area contributed by atoms with Crippen molar-refractivity contribution < 1.29 is 9.18 Å². The topological polar surface area (TPSA) is 28.5 Å². The number of aryl methyl sites for hydroxylation is 1. The fraction of sp³-hybridized carbons (Fsp3) is 0.526. The number of aromatic nitrogens is 1. The van der Waals surface area contributed by atoms with Gasteiger partial charge in [0.15, 0.2) is 0 Å². The van der Waals surface area contributed by atoms with Crippen molar-refractivity contribution in [1.82, 2.24) is 14.4 Å². The molecule has 1 amide bonds. The lowest BCUT2D eigenvalue weighted by molar-refractivity contribution is 0.00165. The highest BCUT2D eigenvalue weighted by Crippen LogP contribution is 2.27. The summed E-state index contributed by atoms with van der Waals surface area (Å²) in [5.41, 5.74) is 1.53. The molecule has 0 spiro atoms. The SMILES string of the molecule is C[C@H]1CCCCN1C1CN(C(=O)c2cc3cc(F)ccc3n2C)C1. The normalized spacial score (nSPS) is 22.8. The Morgan fingerprint density at radius 2 is 2.00 bits per heavy atom. The Hall–Kier alpha value is -1.88. The van der Waals surface area contributed by atoms with Crippen molar-refractivity contribution in [2.75, 3.05) is 19.6 Å². The molecule has 2 fully saturated rings. The van der Waals surface area contributed by atoms with Crippen LogP contribution in [0.25, 0.3) is 10.9 Å². The molecule has 0 N–H and O–H groups in total. The Kier molecular flexibility index (Phi) is 3.83. The van der Waals surface area contributed by atoms with Crippen LogP contribution in [0.15, 0.2) is 24.3 Å². The summed E-state index contributed by atoms with van der Waals surface area (Å²) in [7, 11) is 1.87. The van der Waals surface area contributed by atoms with Crippen LogP contribution in [0.2, 0.25) is 0 Å². The lowest BCUT2D eigenvalue weighted by Gasteiger charge is -2.49. The Labute approximate surface area is 141 Å². The maximum absolute atomic E-state index is 13.4. The number of carbonyl (C=O) groups excluding carboxylic acids is 1. The first kappa shape index (κ1) is 15.6. The van der Waals surface area contributed by atoms with Gasteiger partial charge in [0.1, 0.15) is 11.5 Å². The van der Waals surface area contributed by atoms with Crippen LogP contribution < -0.4 is 0 Å². The fourth-order valence-corrected chi connectivity index (χ4v) is 4.18. The van der Waals surface area contributed by atoms with Gasteiger partial charge in [0.2, 0.25) is 0 Å². The van der Waals surface area contributed by atoms with Gasteiger partial charge in [-0.15, -0.1) is 0 Å². The molecule has 0 saturated carbocycles. The third-order valence-electron chi connectivity index (χ3n) is 5.70. The number of benzene rings is 1. The van der Waals surface area contributed by atoms with Gasteiger partial charge in [0.05, 0.1) is 0 Å². The summed E-state index contributed by atoms with van der Waals surface area (Å²) in [6.45, 7) is 5.06. The highest BCUT2D eigenvalue weighted by atomic mass is 19.1.